The van der Waals surface area contributed by atoms with Crippen molar-refractivity contribution >= 4 is 41.5 Å². The summed E-state index contributed by atoms with van der Waals surface area (Å²) in [6.07, 6.45) is 12.5. The van der Waals surface area contributed by atoms with Gasteiger partial charge >= 0.3 is 12.1 Å². The molecule has 3 saturated carbocycles. The summed E-state index contributed by atoms with van der Waals surface area (Å²) < 4.78 is 4.95. The first-order valence-corrected chi connectivity index (χ1v) is 16.9. The molecule has 1 aromatic rings. The summed E-state index contributed by atoms with van der Waals surface area (Å²) in [7, 11) is 0. The molecule has 3 aliphatic rings. The van der Waals surface area contributed by atoms with E-state index < -0.39 is 72.2 Å². The Bertz CT molecular complexity index is 1410. The molecule has 0 aromatic heterocycles. The van der Waals surface area contributed by atoms with E-state index >= 15 is 0 Å². The van der Waals surface area contributed by atoms with Gasteiger partial charge in [-0.3, -0.25) is 24.0 Å². The predicted molar refractivity (Wildman–Crippen MR) is 175 cm³/mol. The maximum absolute atomic E-state index is 13.7. The van der Waals surface area contributed by atoms with Gasteiger partial charge in [-0.05, 0) is 49.0 Å². The molecule has 6 N–H and O–H groups in total. The van der Waals surface area contributed by atoms with Crippen molar-refractivity contribution in [3.05, 3.63) is 35.9 Å². The van der Waals surface area contributed by atoms with Crippen LogP contribution in [-0.2, 0) is 33.5 Å². The van der Waals surface area contributed by atoms with Gasteiger partial charge in [-0.15, -0.1) is 6.42 Å². The van der Waals surface area contributed by atoms with Crippen molar-refractivity contribution in [1.82, 2.24) is 26.6 Å². The van der Waals surface area contributed by atoms with Crippen molar-refractivity contribution in [2.24, 2.45) is 17.8 Å². The number of amides is 5. The molecule has 264 valence electrons. The number of hydrogen-bond acceptors (Lipinski definition) is 8. The summed E-state index contributed by atoms with van der Waals surface area (Å²) in [5.41, 5.74) is 0.329. The van der Waals surface area contributed by atoms with Gasteiger partial charge < -0.3 is 36.4 Å². The second-order valence-corrected chi connectivity index (χ2v) is 13.1. The molecule has 0 radical (unpaired) electrons. The van der Waals surface area contributed by atoms with Crippen molar-refractivity contribution in [1.29, 1.82) is 0 Å². The van der Waals surface area contributed by atoms with E-state index in [0.717, 1.165) is 44.9 Å². The highest BCUT2D eigenvalue weighted by molar-refractivity contribution is 6.38. The van der Waals surface area contributed by atoms with Crippen LogP contribution in [0.4, 0.5) is 4.79 Å². The van der Waals surface area contributed by atoms with Gasteiger partial charge in [0.25, 0.3) is 5.91 Å². The number of carboxylic acids is 1. The minimum Gasteiger partial charge on any atom is -0.479 e. The molecule has 3 aliphatic carbocycles. The lowest BCUT2D eigenvalue weighted by Crippen LogP contribution is -2.58. The van der Waals surface area contributed by atoms with Crippen LogP contribution in [0.5, 0.6) is 0 Å². The molecule has 49 heavy (non-hydrogen) atoms. The number of terminal acetylenes is 1. The molecular formula is C35H45N5O9. The van der Waals surface area contributed by atoms with Gasteiger partial charge in [0.2, 0.25) is 23.5 Å². The van der Waals surface area contributed by atoms with E-state index in [-0.39, 0.29) is 30.8 Å². The number of carboxylic acid groups (broad SMARTS) is 1. The SMILES string of the molecule is C#CCOC(=O)NC(C(=O)NC(CC1CC1)C(=O)NC(CC1CC1)C(=O)C(=O)NCC(=O)NC(C(=O)O)c1ccccc1)C1CCCCC1. The second kappa shape index (κ2) is 18.0. The van der Waals surface area contributed by atoms with E-state index in [0.29, 0.717) is 24.8 Å². The largest absolute Gasteiger partial charge is 0.479 e. The van der Waals surface area contributed by atoms with Crippen molar-refractivity contribution in [3.8, 4) is 12.3 Å². The summed E-state index contributed by atoms with van der Waals surface area (Å²) in [6.45, 7) is -0.923. The van der Waals surface area contributed by atoms with Crippen LogP contribution >= 0.6 is 0 Å². The first-order chi connectivity index (χ1) is 23.5. The second-order valence-electron chi connectivity index (χ2n) is 13.1. The average Bonchev–Trinajstić information content (AvgIpc) is 4.04. The molecule has 0 saturated heterocycles. The zero-order valence-electron chi connectivity index (χ0n) is 27.4. The number of nitrogens with one attached hydrogen (secondary N) is 5. The van der Waals surface area contributed by atoms with Crippen molar-refractivity contribution in [2.45, 2.75) is 94.8 Å². The minimum absolute atomic E-state index is 0.123. The highest BCUT2D eigenvalue weighted by Gasteiger charge is 2.39. The number of ketones is 1. The highest BCUT2D eigenvalue weighted by Crippen LogP contribution is 2.35. The van der Waals surface area contributed by atoms with E-state index in [4.69, 9.17) is 11.2 Å². The molecule has 0 spiro atoms. The van der Waals surface area contributed by atoms with Gasteiger partial charge in [-0.2, -0.15) is 0 Å². The van der Waals surface area contributed by atoms with Crippen LogP contribution in [0.3, 0.4) is 0 Å². The van der Waals surface area contributed by atoms with Gasteiger partial charge in [0.1, 0.15) is 12.1 Å². The van der Waals surface area contributed by atoms with Gasteiger partial charge in [0.15, 0.2) is 12.6 Å². The van der Waals surface area contributed by atoms with Crippen LogP contribution in [0.2, 0.25) is 0 Å². The third-order valence-electron chi connectivity index (χ3n) is 9.08. The van der Waals surface area contributed by atoms with Crippen LogP contribution in [0, 0.1) is 30.1 Å². The number of carbonyl (C=O) groups is 7. The van der Waals surface area contributed by atoms with Crippen molar-refractivity contribution in [3.63, 3.8) is 0 Å². The fourth-order valence-electron chi connectivity index (χ4n) is 6.06. The van der Waals surface area contributed by atoms with E-state index in [1.807, 2.05) is 0 Å². The highest BCUT2D eigenvalue weighted by atomic mass is 16.5. The topological polar surface area (TPSA) is 209 Å². The number of carbonyl (C=O) groups excluding carboxylic acids is 6. The molecular weight excluding hydrogens is 634 g/mol. The zero-order chi connectivity index (χ0) is 35.3. The lowest BCUT2D eigenvalue weighted by molar-refractivity contribution is -0.142. The Labute approximate surface area is 285 Å². The summed E-state index contributed by atoms with van der Waals surface area (Å²) in [5, 5.41) is 22.2. The standard InChI is InChI=1S/C35H45N5O9/c1-2-17-49-35(48)40-28(23-9-5-3-6-10-23)32(44)38-26(19-22-15-16-22)31(43)37-25(18-21-13-14-21)30(42)33(45)36-20-27(41)39-29(34(46)47)24-11-7-4-8-12-24/h1,4,7-8,11-12,21-23,25-26,28-29H,3,5-6,9-10,13-20H2,(H,36,45)(H,37,43)(H,38,44)(H,39,41)(H,40,48)(H,46,47). The Morgan fingerprint density at radius 1 is 0.796 bits per heavy atom. The summed E-state index contributed by atoms with van der Waals surface area (Å²) in [4.78, 5) is 90.1. The van der Waals surface area contributed by atoms with E-state index in [1.165, 1.54) is 12.1 Å². The molecule has 4 rings (SSSR count). The van der Waals surface area contributed by atoms with E-state index in [9.17, 15) is 38.7 Å². The van der Waals surface area contributed by atoms with Crippen LogP contribution in [0.1, 0.15) is 82.2 Å². The van der Waals surface area contributed by atoms with Gasteiger partial charge in [0.05, 0.1) is 12.6 Å². The molecule has 14 heteroatoms. The molecule has 4 atom stereocenters. The minimum atomic E-state index is -1.36. The van der Waals surface area contributed by atoms with Crippen molar-refractivity contribution < 1.29 is 43.4 Å². The fraction of sp³-hybridized carbons (Fsp3) is 0.571. The number of rotatable bonds is 18. The first kappa shape index (κ1) is 36.9. The summed E-state index contributed by atoms with van der Waals surface area (Å²) >= 11 is 0. The van der Waals surface area contributed by atoms with Gasteiger partial charge in [0, 0.05) is 0 Å². The molecule has 1 aromatic carbocycles. The molecule has 14 nitrogen and oxygen atoms in total. The van der Waals surface area contributed by atoms with Crippen LogP contribution < -0.4 is 26.6 Å². The van der Waals surface area contributed by atoms with Crippen LogP contribution in [0.25, 0.3) is 0 Å². The van der Waals surface area contributed by atoms with Crippen molar-refractivity contribution in [2.75, 3.05) is 13.2 Å². The fourth-order valence-corrected chi connectivity index (χ4v) is 6.06. The summed E-state index contributed by atoms with van der Waals surface area (Å²) in [6, 6.07) is 3.47. The van der Waals surface area contributed by atoms with Crippen LogP contribution in [0.15, 0.2) is 30.3 Å². The van der Waals surface area contributed by atoms with Crippen LogP contribution in [-0.4, -0.2) is 77.9 Å². The third-order valence-corrected chi connectivity index (χ3v) is 9.08. The number of ether oxygens (including phenoxy) is 1. The number of benzene rings is 1. The number of alkyl carbamates (subject to hydrolysis) is 1. The van der Waals surface area contributed by atoms with Gasteiger partial charge in [-0.1, -0.05) is 81.2 Å². The molecule has 0 aliphatic heterocycles. The third kappa shape index (κ3) is 11.9. The Hall–Kier alpha value is -4.93. The predicted octanol–water partition coefficient (Wildman–Crippen LogP) is 1.49. The maximum atomic E-state index is 13.7. The smallest absolute Gasteiger partial charge is 0.408 e. The Morgan fingerprint density at radius 3 is 2.00 bits per heavy atom. The first-order valence-electron chi connectivity index (χ1n) is 16.9. The molecule has 5 amide bonds. The average molecular weight is 680 g/mol. The molecule has 0 heterocycles. The lowest BCUT2D eigenvalue weighted by atomic mass is 9.83. The van der Waals surface area contributed by atoms with E-state index in [2.05, 4.69) is 32.5 Å². The quantitative estimate of drug-likeness (QED) is 0.0980. The Balaban J connectivity index is 1.38. The number of hydrogen-bond donors (Lipinski definition) is 6. The van der Waals surface area contributed by atoms with Gasteiger partial charge in [-0.25, -0.2) is 9.59 Å². The Morgan fingerprint density at radius 2 is 1.41 bits per heavy atom. The lowest BCUT2D eigenvalue weighted by Gasteiger charge is -2.31. The zero-order valence-corrected chi connectivity index (χ0v) is 27.4. The maximum Gasteiger partial charge on any atom is 0.408 e. The number of Topliss-reactive ketones (excluding diaryl/α,β-unsaturated/α-hetero) is 1. The normalized spacial score (nSPS) is 18.3. The molecule has 4 unspecified atom stereocenters. The molecule has 3 fully saturated rings. The van der Waals surface area contributed by atoms with E-state index in [1.54, 1.807) is 18.2 Å². The number of aliphatic carboxylic acids is 1. The Kier molecular flexibility index (Phi) is 13.6. The monoisotopic (exact) mass is 679 g/mol. The summed E-state index contributed by atoms with van der Waals surface area (Å²) in [5.74, 6) is -3.01. The molecule has 0 bridgehead atoms.